The van der Waals surface area contributed by atoms with Crippen LogP contribution in [0.2, 0.25) is 0 Å². The highest BCUT2D eigenvalue weighted by atomic mass is 32.2. The molecule has 1 atom stereocenters. The van der Waals surface area contributed by atoms with E-state index in [0.717, 1.165) is 19.3 Å². The van der Waals surface area contributed by atoms with Gasteiger partial charge in [-0.3, -0.25) is 4.79 Å². The highest BCUT2D eigenvalue weighted by Gasteiger charge is 2.28. The van der Waals surface area contributed by atoms with Crippen molar-refractivity contribution in [2.45, 2.75) is 31.4 Å². The SMILES string of the molecule is CCCCC(SC)C1=NC(=O)C2=NC=NC2=N1. The highest BCUT2D eigenvalue weighted by molar-refractivity contribution is 7.99. The van der Waals surface area contributed by atoms with Gasteiger partial charge in [0.1, 0.15) is 12.2 Å². The monoisotopic (exact) mass is 250 g/mol. The first kappa shape index (κ1) is 12.2. The molecule has 0 spiro atoms. The quantitative estimate of drug-likeness (QED) is 0.745. The summed E-state index contributed by atoms with van der Waals surface area (Å²) < 4.78 is 0. The molecule has 6 heteroatoms. The van der Waals surface area contributed by atoms with Gasteiger partial charge in [-0.15, -0.1) is 0 Å². The highest BCUT2D eigenvalue weighted by Crippen LogP contribution is 2.19. The summed E-state index contributed by atoms with van der Waals surface area (Å²) in [4.78, 5) is 27.8. The average Bonchev–Trinajstić information content (AvgIpc) is 2.79. The third-order valence-corrected chi connectivity index (χ3v) is 3.63. The topological polar surface area (TPSA) is 66.5 Å². The summed E-state index contributed by atoms with van der Waals surface area (Å²) in [5, 5.41) is 0.170. The maximum atomic E-state index is 11.7. The number of amidine groups is 2. The summed E-state index contributed by atoms with van der Waals surface area (Å²) >= 11 is 1.67. The second-order valence-corrected chi connectivity index (χ2v) is 4.84. The smallest absolute Gasteiger partial charge is 0.265 e. The van der Waals surface area contributed by atoms with E-state index in [9.17, 15) is 4.79 Å². The Kier molecular flexibility index (Phi) is 3.83. The molecule has 0 aromatic heterocycles. The van der Waals surface area contributed by atoms with Gasteiger partial charge in [-0.1, -0.05) is 19.8 Å². The zero-order chi connectivity index (χ0) is 12.3. The Morgan fingerprint density at radius 2 is 2.24 bits per heavy atom. The Morgan fingerprint density at radius 3 is 2.94 bits per heavy atom. The molecule has 5 nitrogen and oxygen atoms in total. The third kappa shape index (κ3) is 2.52. The number of carbonyl (C=O) groups is 1. The zero-order valence-corrected chi connectivity index (χ0v) is 10.7. The summed E-state index contributed by atoms with van der Waals surface area (Å²) in [5.41, 5.74) is 0.268. The molecule has 0 aromatic carbocycles. The number of aliphatic imine (C=N–C) groups is 4. The molecular formula is C11H14N4OS. The van der Waals surface area contributed by atoms with Crippen LogP contribution in [0.5, 0.6) is 0 Å². The molecular weight excluding hydrogens is 236 g/mol. The van der Waals surface area contributed by atoms with Gasteiger partial charge in [-0.05, 0) is 12.7 Å². The van der Waals surface area contributed by atoms with Gasteiger partial charge >= 0.3 is 5.91 Å². The number of hydrogen-bond donors (Lipinski definition) is 0. The molecule has 0 saturated carbocycles. The van der Waals surface area contributed by atoms with Crippen molar-refractivity contribution in [1.82, 2.24) is 0 Å². The minimum absolute atomic E-state index is 0.170. The van der Waals surface area contributed by atoms with Crippen LogP contribution in [0.3, 0.4) is 0 Å². The minimum Gasteiger partial charge on any atom is -0.265 e. The van der Waals surface area contributed by atoms with Gasteiger partial charge < -0.3 is 0 Å². The van der Waals surface area contributed by atoms with Crippen molar-refractivity contribution in [2.75, 3.05) is 6.26 Å². The predicted molar refractivity (Wildman–Crippen MR) is 72.6 cm³/mol. The zero-order valence-electron chi connectivity index (χ0n) is 9.88. The first-order valence-electron chi connectivity index (χ1n) is 5.61. The Labute approximate surface area is 104 Å². The van der Waals surface area contributed by atoms with E-state index in [2.05, 4.69) is 26.9 Å². The van der Waals surface area contributed by atoms with Crippen LogP contribution in [0.1, 0.15) is 26.2 Å². The van der Waals surface area contributed by atoms with Crippen LogP contribution < -0.4 is 0 Å². The van der Waals surface area contributed by atoms with Gasteiger partial charge in [0.2, 0.25) is 0 Å². The molecule has 0 bridgehead atoms. The Hall–Kier alpha value is -1.30. The van der Waals surface area contributed by atoms with E-state index in [0.29, 0.717) is 11.7 Å². The number of nitrogens with zero attached hydrogens (tertiary/aromatic N) is 4. The molecule has 0 radical (unpaired) electrons. The van der Waals surface area contributed by atoms with E-state index in [1.165, 1.54) is 6.34 Å². The fourth-order valence-electron chi connectivity index (χ4n) is 1.67. The van der Waals surface area contributed by atoms with Gasteiger partial charge in [-0.25, -0.2) is 15.0 Å². The Morgan fingerprint density at radius 1 is 1.41 bits per heavy atom. The number of unbranched alkanes of at least 4 members (excludes halogenated alkanes) is 1. The summed E-state index contributed by atoms with van der Waals surface area (Å²) in [6, 6.07) is 0. The summed E-state index contributed by atoms with van der Waals surface area (Å²) in [5.74, 6) is 0.678. The summed E-state index contributed by atoms with van der Waals surface area (Å²) in [6.07, 6.45) is 6.57. The number of amides is 1. The van der Waals surface area contributed by atoms with Crippen LogP contribution in [0.15, 0.2) is 20.0 Å². The second kappa shape index (κ2) is 5.35. The summed E-state index contributed by atoms with van der Waals surface area (Å²) in [6.45, 7) is 2.14. The van der Waals surface area contributed by atoms with Crippen molar-refractivity contribution >= 4 is 41.4 Å². The number of thioether (sulfide) groups is 1. The fraction of sp³-hybridized carbons (Fsp3) is 0.545. The van der Waals surface area contributed by atoms with E-state index in [-0.39, 0.29) is 16.9 Å². The third-order valence-electron chi connectivity index (χ3n) is 2.61. The van der Waals surface area contributed by atoms with Crippen LogP contribution in [0, 0.1) is 0 Å². The predicted octanol–water partition coefficient (Wildman–Crippen LogP) is 1.73. The molecule has 90 valence electrons. The molecule has 0 N–H and O–H groups in total. The largest absolute Gasteiger partial charge is 0.301 e. The second-order valence-electron chi connectivity index (χ2n) is 3.80. The number of hydrogen-bond acceptors (Lipinski definition) is 5. The van der Waals surface area contributed by atoms with Gasteiger partial charge in [0, 0.05) is 0 Å². The van der Waals surface area contributed by atoms with Gasteiger partial charge in [0.15, 0.2) is 11.5 Å². The van der Waals surface area contributed by atoms with E-state index < -0.39 is 0 Å². The number of rotatable bonds is 5. The molecule has 2 aliphatic heterocycles. The van der Waals surface area contributed by atoms with E-state index in [1.807, 2.05) is 6.26 Å². The van der Waals surface area contributed by atoms with E-state index in [1.54, 1.807) is 11.8 Å². The lowest BCUT2D eigenvalue weighted by Gasteiger charge is -2.15. The Bertz CT molecular complexity index is 450. The van der Waals surface area contributed by atoms with Crippen molar-refractivity contribution < 1.29 is 4.79 Å². The van der Waals surface area contributed by atoms with Crippen molar-refractivity contribution in [3.05, 3.63) is 0 Å². The van der Waals surface area contributed by atoms with Crippen LogP contribution in [-0.4, -0.2) is 41.1 Å². The number of carbonyl (C=O) groups excluding carboxylic acids is 1. The lowest BCUT2D eigenvalue weighted by Crippen LogP contribution is -2.29. The van der Waals surface area contributed by atoms with Gasteiger partial charge in [0.05, 0.1) is 5.25 Å². The summed E-state index contributed by atoms with van der Waals surface area (Å²) in [7, 11) is 0. The molecule has 1 unspecified atom stereocenters. The first-order chi connectivity index (χ1) is 8.26. The normalized spacial score (nSPS) is 19.6. The molecule has 17 heavy (non-hydrogen) atoms. The van der Waals surface area contributed by atoms with E-state index >= 15 is 0 Å². The molecule has 0 aromatic rings. The van der Waals surface area contributed by atoms with Gasteiger partial charge in [-0.2, -0.15) is 16.8 Å². The lowest BCUT2D eigenvalue weighted by molar-refractivity contribution is -0.111. The molecule has 0 aliphatic carbocycles. The molecule has 2 rings (SSSR count). The van der Waals surface area contributed by atoms with Crippen molar-refractivity contribution in [3.8, 4) is 0 Å². The van der Waals surface area contributed by atoms with Crippen LogP contribution >= 0.6 is 11.8 Å². The van der Waals surface area contributed by atoms with Gasteiger partial charge in [0.25, 0.3) is 0 Å². The van der Waals surface area contributed by atoms with Crippen molar-refractivity contribution in [1.29, 1.82) is 0 Å². The maximum absolute atomic E-state index is 11.7. The first-order valence-corrected chi connectivity index (χ1v) is 6.90. The Balaban J connectivity index is 2.18. The van der Waals surface area contributed by atoms with Crippen LogP contribution in [0.4, 0.5) is 0 Å². The molecule has 2 heterocycles. The van der Waals surface area contributed by atoms with Crippen LogP contribution in [-0.2, 0) is 4.79 Å². The number of fused-ring (bicyclic) bond motifs is 1. The van der Waals surface area contributed by atoms with Crippen molar-refractivity contribution in [3.63, 3.8) is 0 Å². The van der Waals surface area contributed by atoms with E-state index in [4.69, 9.17) is 0 Å². The fourth-order valence-corrected chi connectivity index (χ4v) is 2.39. The molecule has 0 fully saturated rings. The molecule has 0 saturated heterocycles. The maximum Gasteiger partial charge on any atom is 0.301 e. The average molecular weight is 250 g/mol. The minimum atomic E-state index is -0.321. The lowest BCUT2D eigenvalue weighted by atomic mass is 10.1. The van der Waals surface area contributed by atoms with Crippen LogP contribution in [0.25, 0.3) is 0 Å². The molecule has 1 amide bonds. The molecule has 2 aliphatic rings. The van der Waals surface area contributed by atoms with Crippen molar-refractivity contribution in [2.24, 2.45) is 20.0 Å². The standard InChI is InChI=1S/C11H14N4OS/c1-3-4-5-7(17-2)9-14-10-8(11(16)15-9)12-6-13-10/h6-7H,3-5H2,1-2H3.